The average Bonchev–Trinajstić information content (AvgIpc) is 3.91. The molecular formula is C53H49N. The number of fused-ring (bicyclic) bond motifs is 6. The first-order valence-electron chi connectivity index (χ1n) is 20.2. The number of rotatable bonds is 7. The second kappa shape index (κ2) is 12.9. The van der Waals surface area contributed by atoms with Gasteiger partial charge < -0.3 is 4.90 Å². The first-order valence-corrected chi connectivity index (χ1v) is 20.2. The van der Waals surface area contributed by atoms with Crippen LogP contribution in [0.5, 0.6) is 0 Å². The van der Waals surface area contributed by atoms with Crippen molar-refractivity contribution in [3.63, 3.8) is 0 Å². The Hall–Kier alpha value is -5.40. The molecule has 1 heteroatoms. The molecule has 3 unspecified atom stereocenters. The van der Waals surface area contributed by atoms with Crippen molar-refractivity contribution in [3.8, 4) is 33.4 Å². The van der Waals surface area contributed by atoms with Crippen molar-refractivity contribution in [1.82, 2.24) is 0 Å². The molecule has 2 fully saturated rings. The SMILES string of the molecule is CC(C)c1cccc2c1-c1ccc(N(c3ccc(-c4ccc(C5CC6CCC5C6)cc4)cc3)c3ccc4ccccc4c3-c3ccccc3)cc1C2(C)C. The van der Waals surface area contributed by atoms with Crippen molar-refractivity contribution in [2.75, 3.05) is 4.90 Å². The van der Waals surface area contributed by atoms with Crippen molar-refractivity contribution in [2.24, 2.45) is 11.8 Å². The molecule has 2 bridgehead atoms. The number of anilines is 3. The van der Waals surface area contributed by atoms with Crippen molar-refractivity contribution in [1.29, 1.82) is 0 Å². The van der Waals surface area contributed by atoms with Crippen LogP contribution in [0, 0.1) is 11.8 Å². The van der Waals surface area contributed by atoms with E-state index in [1.165, 1.54) is 97.9 Å². The average molecular weight is 700 g/mol. The van der Waals surface area contributed by atoms with Crippen LogP contribution >= 0.6 is 0 Å². The number of hydrogen-bond acceptors (Lipinski definition) is 1. The molecule has 54 heavy (non-hydrogen) atoms. The van der Waals surface area contributed by atoms with Gasteiger partial charge in [-0.15, -0.1) is 0 Å². The quantitative estimate of drug-likeness (QED) is 0.160. The van der Waals surface area contributed by atoms with Gasteiger partial charge in [0.25, 0.3) is 0 Å². The maximum Gasteiger partial charge on any atom is 0.0546 e. The molecule has 2 saturated carbocycles. The Labute approximate surface area is 321 Å². The van der Waals surface area contributed by atoms with E-state index in [9.17, 15) is 0 Å². The predicted molar refractivity (Wildman–Crippen MR) is 229 cm³/mol. The fourth-order valence-electron chi connectivity index (χ4n) is 10.6. The maximum atomic E-state index is 2.50. The van der Waals surface area contributed by atoms with Crippen LogP contribution in [-0.2, 0) is 5.41 Å². The second-order valence-electron chi connectivity index (χ2n) is 17.1. The van der Waals surface area contributed by atoms with E-state index >= 15 is 0 Å². The monoisotopic (exact) mass is 699 g/mol. The molecule has 0 saturated heterocycles. The van der Waals surface area contributed by atoms with Gasteiger partial charge >= 0.3 is 0 Å². The van der Waals surface area contributed by atoms with Crippen LogP contribution in [0.4, 0.5) is 17.1 Å². The van der Waals surface area contributed by atoms with E-state index in [-0.39, 0.29) is 5.41 Å². The summed E-state index contributed by atoms with van der Waals surface area (Å²) in [6.07, 6.45) is 5.71. The summed E-state index contributed by atoms with van der Waals surface area (Å²) in [6, 6.07) is 57.4. The minimum absolute atomic E-state index is 0.114. The molecule has 0 spiro atoms. The van der Waals surface area contributed by atoms with Crippen molar-refractivity contribution >= 4 is 27.8 Å². The van der Waals surface area contributed by atoms with Gasteiger partial charge in [0.15, 0.2) is 0 Å². The van der Waals surface area contributed by atoms with Crippen LogP contribution in [-0.4, -0.2) is 0 Å². The summed E-state index contributed by atoms with van der Waals surface area (Å²) in [5.74, 6) is 3.08. The second-order valence-corrected chi connectivity index (χ2v) is 17.1. The zero-order valence-electron chi connectivity index (χ0n) is 32.0. The topological polar surface area (TPSA) is 3.24 Å². The fraction of sp³-hybridized carbons (Fsp3) is 0.245. The Morgan fingerprint density at radius 3 is 2.02 bits per heavy atom. The van der Waals surface area contributed by atoms with Crippen LogP contribution in [0.15, 0.2) is 152 Å². The Morgan fingerprint density at radius 2 is 1.30 bits per heavy atom. The third-order valence-corrected chi connectivity index (χ3v) is 13.3. The highest BCUT2D eigenvalue weighted by Gasteiger charge is 2.40. The lowest BCUT2D eigenvalue weighted by Gasteiger charge is -2.30. The maximum absolute atomic E-state index is 2.50. The third kappa shape index (κ3) is 5.35. The van der Waals surface area contributed by atoms with Gasteiger partial charge in [0, 0.05) is 22.4 Å². The summed E-state index contributed by atoms with van der Waals surface area (Å²) in [5.41, 5.74) is 17.0. The van der Waals surface area contributed by atoms with E-state index < -0.39 is 0 Å². The molecule has 266 valence electrons. The smallest absolute Gasteiger partial charge is 0.0546 e. The molecule has 7 aromatic rings. The van der Waals surface area contributed by atoms with Crippen molar-refractivity contribution in [3.05, 3.63) is 174 Å². The van der Waals surface area contributed by atoms with E-state index in [4.69, 9.17) is 0 Å². The highest BCUT2D eigenvalue weighted by atomic mass is 15.1. The van der Waals surface area contributed by atoms with Crippen LogP contribution in [0.1, 0.15) is 87.5 Å². The molecule has 0 aromatic heterocycles. The molecule has 0 amide bonds. The molecule has 0 aliphatic heterocycles. The highest BCUT2D eigenvalue weighted by Crippen LogP contribution is 2.55. The summed E-state index contributed by atoms with van der Waals surface area (Å²) in [4.78, 5) is 2.50. The molecule has 7 aromatic carbocycles. The Balaban J connectivity index is 1.11. The van der Waals surface area contributed by atoms with Gasteiger partial charge in [-0.05, 0) is 134 Å². The van der Waals surface area contributed by atoms with Crippen LogP contribution in [0.25, 0.3) is 44.2 Å². The normalized spacial score (nSPS) is 19.3. The first kappa shape index (κ1) is 33.2. The third-order valence-electron chi connectivity index (χ3n) is 13.3. The lowest BCUT2D eigenvalue weighted by atomic mass is 9.81. The molecule has 3 aliphatic rings. The largest absolute Gasteiger partial charge is 0.310 e. The van der Waals surface area contributed by atoms with Gasteiger partial charge in [-0.2, -0.15) is 0 Å². The van der Waals surface area contributed by atoms with Gasteiger partial charge in [0.1, 0.15) is 0 Å². The van der Waals surface area contributed by atoms with Gasteiger partial charge in [-0.1, -0.05) is 155 Å². The molecular weight excluding hydrogens is 651 g/mol. The number of benzene rings is 7. The van der Waals surface area contributed by atoms with E-state index in [2.05, 4.69) is 184 Å². The fourth-order valence-corrected chi connectivity index (χ4v) is 10.6. The van der Waals surface area contributed by atoms with Gasteiger partial charge in [-0.3, -0.25) is 0 Å². The molecule has 3 atom stereocenters. The minimum Gasteiger partial charge on any atom is -0.310 e. The van der Waals surface area contributed by atoms with Crippen LogP contribution < -0.4 is 4.90 Å². The van der Waals surface area contributed by atoms with Gasteiger partial charge in [0.05, 0.1) is 5.69 Å². The van der Waals surface area contributed by atoms with E-state index in [0.717, 1.165) is 23.4 Å². The molecule has 0 heterocycles. The summed E-state index contributed by atoms with van der Waals surface area (Å²) in [5, 5.41) is 2.50. The predicted octanol–water partition coefficient (Wildman–Crippen LogP) is 15.0. The lowest BCUT2D eigenvalue weighted by molar-refractivity contribution is 0.420. The van der Waals surface area contributed by atoms with Gasteiger partial charge in [-0.25, -0.2) is 0 Å². The summed E-state index contributed by atoms with van der Waals surface area (Å²) in [7, 11) is 0. The summed E-state index contributed by atoms with van der Waals surface area (Å²) < 4.78 is 0. The standard InChI is InChI=1S/C53H49N/c1-34(2)44-15-10-16-48-52(44)46-29-28-43(33-49(46)53(48,3)4)54(50-30-25-38-11-8-9-14-45(38)51(50)40-12-6-5-7-13-40)42-26-23-37(24-27-42)36-19-21-39(22-20-36)47-32-35-17-18-41(47)31-35/h5-16,19-30,33-35,41,47H,17-18,31-32H2,1-4H3. The zero-order chi connectivity index (χ0) is 36.6. The summed E-state index contributed by atoms with van der Waals surface area (Å²) in [6.45, 7) is 9.44. The van der Waals surface area contributed by atoms with Crippen LogP contribution in [0.3, 0.4) is 0 Å². The van der Waals surface area contributed by atoms with Crippen molar-refractivity contribution in [2.45, 2.75) is 70.6 Å². The molecule has 3 aliphatic carbocycles. The Kier molecular flexibility index (Phi) is 7.91. The molecule has 0 N–H and O–H groups in total. The Morgan fingerprint density at radius 1 is 0.574 bits per heavy atom. The van der Waals surface area contributed by atoms with Crippen LogP contribution in [0.2, 0.25) is 0 Å². The van der Waals surface area contributed by atoms with E-state index in [0.29, 0.717) is 5.92 Å². The number of nitrogens with zero attached hydrogens (tertiary/aromatic N) is 1. The summed E-state index contributed by atoms with van der Waals surface area (Å²) >= 11 is 0. The van der Waals surface area contributed by atoms with E-state index in [1.807, 2.05) is 0 Å². The zero-order valence-corrected chi connectivity index (χ0v) is 32.0. The number of hydrogen-bond donors (Lipinski definition) is 0. The molecule has 1 nitrogen and oxygen atoms in total. The minimum atomic E-state index is -0.114. The van der Waals surface area contributed by atoms with Gasteiger partial charge in [0.2, 0.25) is 0 Å². The molecule has 0 radical (unpaired) electrons. The highest BCUT2D eigenvalue weighted by molar-refractivity contribution is 6.05. The van der Waals surface area contributed by atoms with Crippen molar-refractivity contribution < 1.29 is 0 Å². The van der Waals surface area contributed by atoms with E-state index in [1.54, 1.807) is 5.56 Å². The Bertz CT molecular complexity index is 2500. The lowest BCUT2D eigenvalue weighted by Crippen LogP contribution is -2.17. The molecule has 10 rings (SSSR count). The first-order chi connectivity index (χ1) is 26.3.